The Balaban J connectivity index is 1.64. The molecular weight excluding hydrogens is 367 g/mol. The number of sulfonamides is 1. The Bertz CT molecular complexity index is 933. The summed E-state index contributed by atoms with van der Waals surface area (Å²) in [6.45, 7) is 0.286. The Hall–Kier alpha value is -1.87. The zero-order valence-electron chi connectivity index (χ0n) is 13.9. The van der Waals surface area contributed by atoms with Crippen LogP contribution in [0.2, 0.25) is 0 Å². The van der Waals surface area contributed by atoms with Gasteiger partial charge in [0.15, 0.2) is 0 Å². The van der Waals surface area contributed by atoms with Gasteiger partial charge in [0, 0.05) is 31.1 Å². The van der Waals surface area contributed by atoms with Crippen molar-refractivity contribution < 1.29 is 21.6 Å². The highest BCUT2D eigenvalue weighted by Gasteiger charge is 2.39. The van der Waals surface area contributed by atoms with Crippen LogP contribution in [0.25, 0.3) is 0 Å². The number of rotatable bonds is 3. The van der Waals surface area contributed by atoms with Gasteiger partial charge in [-0.05, 0) is 37.0 Å². The van der Waals surface area contributed by atoms with Crippen molar-refractivity contribution in [2.75, 3.05) is 13.1 Å². The number of hydrogen-bond donors (Lipinski definition) is 1. The highest BCUT2D eigenvalue weighted by molar-refractivity contribution is 7.89. The Labute approximate surface area is 149 Å². The molecule has 1 aliphatic carbocycles. The van der Waals surface area contributed by atoms with Crippen LogP contribution in [0.4, 0.5) is 13.2 Å². The lowest BCUT2D eigenvalue weighted by molar-refractivity contribution is -0.139. The van der Waals surface area contributed by atoms with Gasteiger partial charge in [-0.2, -0.15) is 22.6 Å². The van der Waals surface area contributed by atoms with Gasteiger partial charge in [-0.3, -0.25) is 5.10 Å². The van der Waals surface area contributed by atoms with Crippen molar-refractivity contribution in [1.82, 2.24) is 14.5 Å². The van der Waals surface area contributed by atoms with Crippen molar-refractivity contribution in [1.29, 1.82) is 0 Å². The second kappa shape index (κ2) is 6.09. The number of nitrogens with one attached hydrogen (secondary N) is 1. The van der Waals surface area contributed by atoms with E-state index in [1.165, 1.54) is 12.1 Å². The largest absolute Gasteiger partial charge is 0.417 e. The molecular formula is C17H18F3N3O2S. The molecule has 0 unspecified atom stereocenters. The van der Waals surface area contributed by atoms with E-state index in [9.17, 15) is 21.6 Å². The van der Waals surface area contributed by atoms with Crippen LogP contribution in [0, 0.1) is 0 Å². The Kier molecular flexibility index (Phi) is 4.11. The Morgan fingerprint density at radius 3 is 2.50 bits per heavy atom. The van der Waals surface area contributed by atoms with Crippen LogP contribution in [-0.4, -0.2) is 36.0 Å². The minimum absolute atomic E-state index is 0.133. The molecule has 2 aliphatic rings. The molecule has 0 saturated heterocycles. The van der Waals surface area contributed by atoms with Crippen LogP contribution in [0.15, 0.2) is 29.2 Å². The molecule has 5 nitrogen and oxygen atoms in total. The molecule has 2 heterocycles. The Morgan fingerprint density at radius 2 is 1.81 bits per heavy atom. The van der Waals surface area contributed by atoms with E-state index in [1.807, 2.05) is 0 Å². The minimum atomic E-state index is -4.72. The first-order chi connectivity index (χ1) is 12.3. The fraction of sp³-hybridized carbons (Fsp3) is 0.471. The average Bonchev–Trinajstić information content (AvgIpc) is 3.39. The quantitative estimate of drug-likeness (QED) is 0.883. The molecule has 0 atom stereocenters. The molecule has 0 radical (unpaired) electrons. The molecule has 4 rings (SSSR count). The van der Waals surface area contributed by atoms with Gasteiger partial charge in [-0.1, -0.05) is 12.1 Å². The van der Waals surface area contributed by atoms with Crippen molar-refractivity contribution in [3.8, 4) is 0 Å². The van der Waals surface area contributed by atoms with Crippen LogP contribution in [0.3, 0.4) is 0 Å². The highest BCUT2D eigenvalue weighted by Crippen LogP contribution is 2.42. The van der Waals surface area contributed by atoms with Gasteiger partial charge in [0.25, 0.3) is 0 Å². The standard InChI is InChI=1S/C17H18F3N3O2S/c18-17(19,20)13-3-1-2-4-15(13)26(24,25)23-9-7-12-14(8-10-23)21-22-16(12)11-5-6-11/h1-4,11H,5-10H2,(H,21,22). The maximum Gasteiger partial charge on any atom is 0.417 e. The maximum atomic E-state index is 13.2. The third-order valence-electron chi connectivity index (χ3n) is 4.98. The molecule has 26 heavy (non-hydrogen) atoms. The lowest BCUT2D eigenvalue weighted by Gasteiger charge is -2.22. The lowest BCUT2D eigenvalue weighted by atomic mass is 10.1. The first-order valence-electron chi connectivity index (χ1n) is 8.51. The van der Waals surface area contributed by atoms with E-state index in [1.54, 1.807) is 0 Å². The van der Waals surface area contributed by atoms with E-state index in [4.69, 9.17) is 0 Å². The molecule has 9 heteroatoms. The number of halogens is 3. The van der Waals surface area contributed by atoms with Crippen LogP contribution in [0.5, 0.6) is 0 Å². The molecule has 0 amide bonds. The van der Waals surface area contributed by atoms with Crippen molar-refractivity contribution in [3.63, 3.8) is 0 Å². The lowest BCUT2D eigenvalue weighted by Crippen LogP contribution is -2.34. The Morgan fingerprint density at radius 1 is 1.12 bits per heavy atom. The monoisotopic (exact) mass is 385 g/mol. The fourth-order valence-corrected chi connectivity index (χ4v) is 5.14. The van der Waals surface area contributed by atoms with E-state index in [-0.39, 0.29) is 13.1 Å². The topological polar surface area (TPSA) is 66.1 Å². The number of alkyl halides is 3. The van der Waals surface area contributed by atoms with Gasteiger partial charge in [0.05, 0.1) is 16.2 Å². The minimum Gasteiger partial charge on any atom is -0.282 e. The predicted octanol–water partition coefficient (Wildman–Crippen LogP) is 3.10. The number of benzene rings is 1. The molecule has 2 aromatic rings. The average molecular weight is 385 g/mol. The summed E-state index contributed by atoms with van der Waals surface area (Å²) in [6.07, 6.45) is -1.67. The van der Waals surface area contributed by atoms with Crippen molar-refractivity contribution in [2.24, 2.45) is 0 Å². The summed E-state index contributed by atoms with van der Waals surface area (Å²) in [6, 6.07) is 4.35. The zero-order valence-corrected chi connectivity index (χ0v) is 14.7. The maximum absolute atomic E-state index is 13.2. The zero-order chi connectivity index (χ0) is 18.5. The summed E-state index contributed by atoms with van der Waals surface area (Å²) < 4.78 is 66.7. The van der Waals surface area contributed by atoms with E-state index in [2.05, 4.69) is 10.2 Å². The molecule has 1 saturated carbocycles. The predicted molar refractivity (Wildman–Crippen MR) is 88.2 cm³/mol. The molecule has 1 aliphatic heterocycles. The summed E-state index contributed by atoms with van der Waals surface area (Å²) in [4.78, 5) is -0.682. The van der Waals surface area contributed by atoms with Gasteiger partial charge in [0.2, 0.25) is 10.0 Å². The van der Waals surface area contributed by atoms with Gasteiger partial charge in [-0.15, -0.1) is 0 Å². The van der Waals surface area contributed by atoms with E-state index in [0.717, 1.165) is 46.2 Å². The second-order valence-corrected chi connectivity index (χ2v) is 8.64. The third-order valence-corrected chi connectivity index (χ3v) is 6.94. The molecule has 0 spiro atoms. The number of hydrogen-bond acceptors (Lipinski definition) is 3. The third kappa shape index (κ3) is 3.03. The van der Waals surface area contributed by atoms with Crippen LogP contribution >= 0.6 is 0 Å². The molecule has 1 aromatic heterocycles. The fourth-order valence-electron chi connectivity index (χ4n) is 3.49. The van der Waals surface area contributed by atoms with Gasteiger partial charge >= 0.3 is 6.18 Å². The molecule has 1 N–H and O–H groups in total. The summed E-state index contributed by atoms with van der Waals surface area (Å²) >= 11 is 0. The van der Waals surface area contributed by atoms with Gasteiger partial charge in [-0.25, -0.2) is 8.42 Å². The van der Waals surface area contributed by atoms with Crippen molar-refractivity contribution >= 4 is 10.0 Å². The van der Waals surface area contributed by atoms with Crippen molar-refractivity contribution in [3.05, 3.63) is 46.8 Å². The molecule has 1 aromatic carbocycles. The first kappa shape index (κ1) is 17.5. The van der Waals surface area contributed by atoms with Crippen LogP contribution in [-0.2, 0) is 29.0 Å². The van der Waals surface area contributed by atoms with Crippen molar-refractivity contribution in [2.45, 2.75) is 42.7 Å². The SMILES string of the molecule is O=S(=O)(c1ccccc1C(F)(F)F)N1CCc2[nH]nc(C3CC3)c2CC1. The van der Waals surface area contributed by atoms with E-state index in [0.29, 0.717) is 18.8 Å². The summed E-state index contributed by atoms with van der Waals surface area (Å²) in [5, 5.41) is 7.34. The van der Waals surface area contributed by atoms with Gasteiger partial charge < -0.3 is 0 Å². The number of aromatic amines is 1. The number of H-pyrrole nitrogens is 1. The summed E-state index contributed by atoms with van der Waals surface area (Å²) in [5.74, 6) is 0.434. The first-order valence-corrected chi connectivity index (χ1v) is 9.95. The van der Waals surface area contributed by atoms with Crippen LogP contribution in [0.1, 0.15) is 41.3 Å². The molecule has 140 valence electrons. The van der Waals surface area contributed by atoms with E-state index < -0.39 is 26.7 Å². The van der Waals surface area contributed by atoms with Crippen LogP contribution < -0.4 is 0 Å². The number of fused-ring (bicyclic) bond motifs is 1. The second-order valence-electron chi connectivity index (χ2n) is 6.74. The van der Waals surface area contributed by atoms with E-state index >= 15 is 0 Å². The smallest absolute Gasteiger partial charge is 0.282 e. The normalized spacial score (nSPS) is 19.2. The highest BCUT2D eigenvalue weighted by atomic mass is 32.2. The van der Waals surface area contributed by atoms with Gasteiger partial charge in [0.1, 0.15) is 0 Å². The summed E-state index contributed by atoms with van der Waals surface area (Å²) in [7, 11) is -4.23. The molecule has 0 bridgehead atoms. The number of nitrogens with zero attached hydrogens (tertiary/aromatic N) is 2. The number of aromatic nitrogens is 2. The molecule has 1 fully saturated rings. The summed E-state index contributed by atoms with van der Waals surface area (Å²) in [5.41, 5.74) is 1.81.